The zero-order chi connectivity index (χ0) is 34.4. The fraction of sp³-hybridized carbons (Fsp3) is 0. The maximum absolute atomic E-state index is 6.48. The molecular weight excluding hydrogens is 639 g/mol. The second-order valence-corrected chi connectivity index (χ2v) is 12.7. The lowest BCUT2D eigenvalue weighted by atomic mass is 10.0. The Morgan fingerprint density at radius 2 is 0.846 bits per heavy atom. The maximum atomic E-state index is 6.48. The third-order valence-corrected chi connectivity index (χ3v) is 9.51. The molecule has 3 aromatic heterocycles. The van der Waals surface area contributed by atoms with Crippen molar-refractivity contribution < 1.29 is 4.42 Å². The maximum Gasteiger partial charge on any atom is 0.227 e. The summed E-state index contributed by atoms with van der Waals surface area (Å²) < 4.78 is 8.76. The van der Waals surface area contributed by atoms with Gasteiger partial charge in [0.15, 0.2) is 23.1 Å². The molecule has 3 heterocycles. The molecule has 0 bridgehead atoms. The zero-order valence-electron chi connectivity index (χ0n) is 27.9. The minimum absolute atomic E-state index is 0.613. The van der Waals surface area contributed by atoms with Crippen LogP contribution in [0.1, 0.15) is 0 Å². The first-order valence-corrected chi connectivity index (χ1v) is 17.2. The van der Waals surface area contributed by atoms with Crippen LogP contribution in [0.5, 0.6) is 0 Å². The number of aromatic nitrogens is 5. The van der Waals surface area contributed by atoms with Crippen LogP contribution in [0, 0.1) is 0 Å². The number of nitrogens with zero attached hydrogens (tertiary/aromatic N) is 5. The SMILES string of the molecule is c1ccc(-c2ccc(-c3nc(-c4ccccc4)nc(-c4ccc(-n5c6ccccc6c6c7oc(-c8ccccc8)nc7ccc65)cc4)n3)cc2)cc1. The van der Waals surface area contributed by atoms with Gasteiger partial charge in [0.05, 0.1) is 16.4 Å². The molecule has 7 aromatic carbocycles. The van der Waals surface area contributed by atoms with Gasteiger partial charge in [-0.3, -0.25) is 0 Å². The van der Waals surface area contributed by atoms with Gasteiger partial charge in [0.25, 0.3) is 0 Å². The standard InChI is InChI=1S/C46H29N5O/c1-4-12-30(13-5-1)31-20-22-33(23-21-31)44-48-43(32-14-6-2-7-15-32)49-45(50-44)34-24-26-36(27-25-34)51-39-19-11-10-18-37(39)41-40(51)29-28-38-42(41)52-46(47-38)35-16-8-3-9-17-35/h1-29H. The Balaban J connectivity index is 1.07. The number of para-hydroxylation sites is 1. The molecule has 0 spiro atoms. The van der Waals surface area contributed by atoms with Gasteiger partial charge < -0.3 is 8.98 Å². The number of hydrogen-bond acceptors (Lipinski definition) is 5. The summed E-state index contributed by atoms with van der Waals surface area (Å²) in [7, 11) is 0. The lowest BCUT2D eigenvalue weighted by molar-refractivity contribution is 0.623. The van der Waals surface area contributed by atoms with Gasteiger partial charge in [-0.2, -0.15) is 0 Å². The number of fused-ring (bicyclic) bond motifs is 5. The first-order chi connectivity index (χ1) is 25.8. The number of benzene rings is 7. The molecule has 244 valence electrons. The summed E-state index contributed by atoms with van der Waals surface area (Å²) in [6, 6.07) is 59.9. The van der Waals surface area contributed by atoms with Crippen molar-refractivity contribution in [3.8, 4) is 62.4 Å². The molecule has 0 aliphatic carbocycles. The van der Waals surface area contributed by atoms with Gasteiger partial charge in [-0.15, -0.1) is 0 Å². The van der Waals surface area contributed by atoms with Gasteiger partial charge >= 0.3 is 0 Å². The molecular formula is C46H29N5O. The van der Waals surface area contributed by atoms with E-state index in [1.54, 1.807) is 0 Å². The lowest BCUT2D eigenvalue weighted by Gasteiger charge is -2.11. The first kappa shape index (κ1) is 29.7. The smallest absolute Gasteiger partial charge is 0.227 e. The zero-order valence-corrected chi connectivity index (χ0v) is 27.9. The van der Waals surface area contributed by atoms with Gasteiger partial charge in [-0.1, -0.05) is 121 Å². The van der Waals surface area contributed by atoms with Crippen LogP contribution in [-0.4, -0.2) is 24.5 Å². The monoisotopic (exact) mass is 667 g/mol. The van der Waals surface area contributed by atoms with Crippen molar-refractivity contribution in [3.63, 3.8) is 0 Å². The molecule has 0 aliphatic rings. The van der Waals surface area contributed by atoms with Gasteiger partial charge in [-0.05, 0) is 65.7 Å². The van der Waals surface area contributed by atoms with Gasteiger partial charge in [0.1, 0.15) is 5.52 Å². The molecule has 6 nitrogen and oxygen atoms in total. The number of oxazole rings is 1. The molecule has 0 unspecified atom stereocenters. The van der Waals surface area contributed by atoms with Crippen molar-refractivity contribution in [3.05, 3.63) is 176 Å². The van der Waals surface area contributed by atoms with Crippen molar-refractivity contribution in [1.82, 2.24) is 24.5 Å². The number of hydrogen-bond donors (Lipinski definition) is 0. The van der Waals surface area contributed by atoms with E-state index in [9.17, 15) is 0 Å². The quantitative estimate of drug-likeness (QED) is 0.176. The summed E-state index contributed by atoms with van der Waals surface area (Å²) in [5.74, 6) is 2.48. The van der Waals surface area contributed by atoms with Gasteiger partial charge in [-0.25, -0.2) is 19.9 Å². The van der Waals surface area contributed by atoms with E-state index in [0.717, 1.165) is 66.4 Å². The molecule has 0 saturated carbocycles. The molecule has 0 atom stereocenters. The van der Waals surface area contributed by atoms with Crippen molar-refractivity contribution >= 4 is 32.9 Å². The van der Waals surface area contributed by atoms with Crippen LogP contribution in [0.4, 0.5) is 0 Å². The average molecular weight is 668 g/mol. The predicted molar refractivity (Wildman–Crippen MR) is 209 cm³/mol. The third-order valence-electron chi connectivity index (χ3n) is 9.51. The van der Waals surface area contributed by atoms with E-state index in [1.807, 2.05) is 72.8 Å². The molecule has 0 N–H and O–H groups in total. The molecule has 10 rings (SSSR count). The molecule has 6 heteroatoms. The Morgan fingerprint density at radius 1 is 0.365 bits per heavy atom. The minimum atomic E-state index is 0.613. The van der Waals surface area contributed by atoms with Crippen molar-refractivity contribution in [1.29, 1.82) is 0 Å². The van der Waals surface area contributed by atoms with Crippen LogP contribution in [0.2, 0.25) is 0 Å². The number of rotatable bonds is 6. The van der Waals surface area contributed by atoms with Crippen molar-refractivity contribution in [2.45, 2.75) is 0 Å². The fourth-order valence-electron chi connectivity index (χ4n) is 6.97. The highest BCUT2D eigenvalue weighted by atomic mass is 16.3. The topological polar surface area (TPSA) is 69.6 Å². The highest BCUT2D eigenvalue weighted by molar-refractivity contribution is 6.19. The van der Waals surface area contributed by atoms with Crippen LogP contribution in [0.15, 0.2) is 180 Å². The van der Waals surface area contributed by atoms with Crippen LogP contribution in [0.25, 0.3) is 95.3 Å². The Hall–Kier alpha value is -7.18. The molecule has 52 heavy (non-hydrogen) atoms. The van der Waals surface area contributed by atoms with E-state index < -0.39 is 0 Å². The average Bonchev–Trinajstić information content (AvgIpc) is 3.82. The molecule has 0 fully saturated rings. The van der Waals surface area contributed by atoms with Gasteiger partial charge in [0, 0.05) is 33.3 Å². The van der Waals surface area contributed by atoms with Gasteiger partial charge in [0.2, 0.25) is 5.89 Å². The highest BCUT2D eigenvalue weighted by Gasteiger charge is 2.19. The van der Waals surface area contributed by atoms with Crippen LogP contribution in [0.3, 0.4) is 0 Å². The van der Waals surface area contributed by atoms with E-state index in [-0.39, 0.29) is 0 Å². The first-order valence-electron chi connectivity index (χ1n) is 17.2. The van der Waals surface area contributed by atoms with E-state index in [4.69, 9.17) is 24.4 Å². The summed E-state index contributed by atoms with van der Waals surface area (Å²) in [5, 5.41) is 2.15. The Bertz CT molecular complexity index is 2860. The molecule has 0 aliphatic heterocycles. The van der Waals surface area contributed by atoms with Crippen molar-refractivity contribution in [2.24, 2.45) is 0 Å². The van der Waals surface area contributed by atoms with E-state index in [1.165, 1.54) is 5.56 Å². The second-order valence-electron chi connectivity index (χ2n) is 12.7. The van der Waals surface area contributed by atoms with E-state index in [2.05, 4.69) is 108 Å². The van der Waals surface area contributed by atoms with Crippen LogP contribution in [-0.2, 0) is 0 Å². The summed E-state index contributed by atoms with van der Waals surface area (Å²) in [6.07, 6.45) is 0. The van der Waals surface area contributed by atoms with Crippen LogP contribution >= 0.6 is 0 Å². The predicted octanol–water partition coefficient (Wildman–Crippen LogP) is 11.4. The lowest BCUT2D eigenvalue weighted by Crippen LogP contribution is -2.00. The van der Waals surface area contributed by atoms with E-state index in [0.29, 0.717) is 23.4 Å². The van der Waals surface area contributed by atoms with Crippen molar-refractivity contribution in [2.75, 3.05) is 0 Å². The normalized spacial score (nSPS) is 11.5. The Morgan fingerprint density at radius 3 is 1.48 bits per heavy atom. The summed E-state index contributed by atoms with van der Waals surface area (Å²) in [4.78, 5) is 19.8. The summed E-state index contributed by atoms with van der Waals surface area (Å²) in [5.41, 5.74) is 10.8. The summed E-state index contributed by atoms with van der Waals surface area (Å²) >= 11 is 0. The molecule has 0 radical (unpaired) electrons. The Labute approximate surface area is 299 Å². The highest BCUT2D eigenvalue weighted by Crippen LogP contribution is 2.39. The molecule has 10 aromatic rings. The van der Waals surface area contributed by atoms with Crippen LogP contribution < -0.4 is 0 Å². The molecule has 0 saturated heterocycles. The summed E-state index contributed by atoms with van der Waals surface area (Å²) in [6.45, 7) is 0. The molecule has 0 amide bonds. The largest absolute Gasteiger partial charge is 0.435 e. The fourth-order valence-corrected chi connectivity index (χ4v) is 6.97. The van der Waals surface area contributed by atoms with E-state index >= 15 is 0 Å². The minimum Gasteiger partial charge on any atom is -0.435 e. The second kappa shape index (κ2) is 12.3. The third kappa shape index (κ3) is 5.13. The Kier molecular flexibility index (Phi) is 7.03.